The highest BCUT2D eigenvalue weighted by Crippen LogP contribution is 2.60. The van der Waals surface area contributed by atoms with Crippen molar-refractivity contribution < 1.29 is 13.2 Å². The molecule has 0 nitrogen and oxygen atoms in total. The zero-order valence-corrected chi connectivity index (χ0v) is 8.86. The number of alkyl halides is 3. The fourth-order valence-corrected chi connectivity index (χ4v) is 2.12. The minimum atomic E-state index is -4.09. The molecule has 15 heavy (non-hydrogen) atoms. The van der Waals surface area contributed by atoms with Crippen LogP contribution in [0.25, 0.3) is 0 Å². The molecule has 1 aliphatic carbocycles. The summed E-state index contributed by atoms with van der Waals surface area (Å²) in [6.45, 7) is 1.65. The summed E-state index contributed by atoms with van der Waals surface area (Å²) in [5, 5.41) is 0.548. The van der Waals surface area contributed by atoms with Crippen molar-refractivity contribution in [3.8, 4) is 0 Å². The van der Waals surface area contributed by atoms with Crippen molar-refractivity contribution in [1.29, 1.82) is 0 Å². The van der Waals surface area contributed by atoms with Gasteiger partial charge in [0.2, 0.25) is 0 Å². The lowest BCUT2D eigenvalue weighted by atomic mass is 9.95. The van der Waals surface area contributed by atoms with E-state index in [2.05, 4.69) is 0 Å². The fourth-order valence-electron chi connectivity index (χ4n) is 1.99. The second-order valence-corrected chi connectivity index (χ2v) is 4.66. The molecule has 1 saturated carbocycles. The molecule has 1 aromatic rings. The summed E-state index contributed by atoms with van der Waals surface area (Å²) in [6.07, 6.45) is -3.91. The molecule has 0 N–H and O–H groups in total. The molecule has 0 aliphatic heterocycles. The van der Waals surface area contributed by atoms with E-state index in [1.165, 1.54) is 0 Å². The lowest BCUT2D eigenvalue weighted by Gasteiger charge is -2.13. The van der Waals surface area contributed by atoms with E-state index in [0.717, 1.165) is 0 Å². The molecule has 4 heteroatoms. The lowest BCUT2D eigenvalue weighted by Crippen LogP contribution is -2.18. The molecule has 0 bridgehead atoms. The Morgan fingerprint density at radius 1 is 1.27 bits per heavy atom. The van der Waals surface area contributed by atoms with Gasteiger partial charge in [-0.05, 0) is 24.1 Å². The molecule has 2 rings (SSSR count). The number of rotatable bonds is 1. The van der Waals surface area contributed by atoms with Crippen LogP contribution in [0.15, 0.2) is 24.3 Å². The maximum absolute atomic E-state index is 12.5. The van der Waals surface area contributed by atoms with Gasteiger partial charge < -0.3 is 0 Å². The van der Waals surface area contributed by atoms with Crippen LogP contribution in [0.3, 0.4) is 0 Å². The third-order valence-electron chi connectivity index (χ3n) is 3.14. The van der Waals surface area contributed by atoms with Gasteiger partial charge in [0.05, 0.1) is 5.92 Å². The number of hydrogen-bond acceptors (Lipinski definition) is 0. The van der Waals surface area contributed by atoms with Crippen LogP contribution in [0.1, 0.15) is 18.9 Å². The van der Waals surface area contributed by atoms with E-state index in [4.69, 9.17) is 11.6 Å². The number of halogens is 4. The zero-order valence-electron chi connectivity index (χ0n) is 8.11. The van der Waals surface area contributed by atoms with Crippen molar-refractivity contribution in [3.05, 3.63) is 34.9 Å². The van der Waals surface area contributed by atoms with Crippen molar-refractivity contribution >= 4 is 11.6 Å². The van der Waals surface area contributed by atoms with Crippen LogP contribution < -0.4 is 0 Å². The van der Waals surface area contributed by atoms with E-state index in [0.29, 0.717) is 10.6 Å². The Kier molecular flexibility index (Phi) is 2.26. The van der Waals surface area contributed by atoms with Crippen LogP contribution in [0.4, 0.5) is 13.2 Å². The second kappa shape index (κ2) is 3.14. The van der Waals surface area contributed by atoms with E-state index < -0.39 is 17.5 Å². The maximum Gasteiger partial charge on any atom is 0.392 e. The first-order valence-electron chi connectivity index (χ1n) is 4.67. The molecule has 1 aromatic carbocycles. The molecule has 0 aromatic heterocycles. The van der Waals surface area contributed by atoms with Gasteiger partial charge in [0.15, 0.2) is 0 Å². The Morgan fingerprint density at radius 3 is 2.20 bits per heavy atom. The van der Waals surface area contributed by atoms with Crippen molar-refractivity contribution in [2.45, 2.75) is 24.9 Å². The normalized spacial score (nSPS) is 30.3. The molecule has 0 radical (unpaired) electrons. The second-order valence-electron chi connectivity index (χ2n) is 4.22. The molecule has 2 atom stereocenters. The highest BCUT2D eigenvalue weighted by atomic mass is 35.5. The smallest absolute Gasteiger partial charge is 0.171 e. The third kappa shape index (κ3) is 1.85. The highest BCUT2D eigenvalue weighted by molar-refractivity contribution is 6.30. The van der Waals surface area contributed by atoms with E-state index >= 15 is 0 Å². The summed E-state index contributed by atoms with van der Waals surface area (Å²) >= 11 is 5.69. The zero-order chi connectivity index (χ0) is 11.3. The lowest BCUT2D eigenvalue weighted by molar-refractivity contribution is -0.152. The van der Waals surface area contributed by atoms with Crippen LogP contribution in [0.5, 0.6) is 0 Å². The van der Waals surface area contributed by atoms with Crippen LogP contribution in [-0.2, 0) is 5.41 Å². The molecule has 0 unspecified atom stereocenters. The molecule has 82 valence electrons. The van der Waals surface area contributed by atoms with Gasteiger partial charge in [0.1, 0.15) is 0 Å². The van der Waals surface area contributed by atoms with Crippen LogP contribution in [-0.4, -0.2) is 6.18 Å². The molecule has 0 heterocycles. The number of benzene rings is 1. The van der Waals surface area contributed by atoms with Gasteiger partial charge in [0.25, 0.3) is 0 Å². The van der Waals surface area contributed by atoms with Gasteiger partial charge in [-0.25, -0.2) is 0 Å². The topological polar surface area (TPSA) is 0 Å². The van der Waals surface area contributed by atoms with Crippen molar-refractivity contribution in [1.82, 2.24) is 0 Å². The third-order valence-corrected chi connectivity index (χ3v) is 3.39. The highest BCUT2D eigenvalue weighted by Gasteiger charge is 2.64. The van der Waals surface area contributed by atoms with Crippen molar-refractivity contribution in [2.24, 2.45) is 5.92 Å². The summed E-state index contributed by atoms with van der Waals surface area (Å²) < 4.78 is 37.4. The monoisotopic (exact) mass is 234 g/mol. The largest absolute Gasteiger partial charge is 0.392 e. The predicted molar refractivity (Wildman–Crippen MR) is 53.0 cm³/mol. The Morgan fingerprint density at radius 2 is 1.80 bits per heavy atom. The summed E-state index contributed by atoms with van der Waals surface area (Å²) in [5.41, 5.74) is -0.0303. The molecular formula is C11H10ClF3. The first kappa shape index (κ1) is 10.8. The average Bonchev–Trinajstić information content (AvgIpc) is 2.80. The van der Waals surface area contributed by atoms with E-state index in [1.807, 2.05) is 0 Å². The Labute approximate surface area is 91.1 Å². The van der Waals surface area contributed by atoms with Gasteiger partial charge in [-0.15, -0.1) is 0 Å². The van der Waals surface area contributed by atoms with Gasteiger partial charge in [0, 0.05) is 10.4 Å². The van der Waals surface area contributed by atoms with E-state index in [9.17, 15) is 13.2 Å². The molecule has 0 saturated heterocycles. The quantitative estimate of drug-likeness (QED) is 0.684. The van der Waals surface area contributed by atoms with Gasteiger partial charge in [-0.3, -0.25) is 0 Å². The Balaban J connectivity index is 2.24. The van der Waals surface area contributed by atoms with Crippen molar-refractivity contribution in [2.75, 3.05) is 0 Å². The first-order valence-corrected chi connectivity index (χ1v) is 5.04. The minimum absolute atomic E-state index is 0.179. The molecule has 1 fully saturated rings. The van der Waals surface area contributed by atoms with Crippen molar-refractivity contribution in [3.63, 3.8) is 0 Å². The average molecular weight is 235 g/mol. The van der Waals surface area contributed by atoms with Gasteiger partial charge in [-0.2, -0.15) is 13.2 Å². The molecular weight excluding hydrogens is 225 g/mol. The Bertz CT molecular complexity index is 368. The molecule has 0 spiro atoms. The summed E-state index contributed by atoms with van der Waals surface area (Å²) in [4.78, 5) is 0. The fraction of sp³-hybridized carbons (Fsp3) is 0.455. The Hall–Kier alpha value is -0.700. The van der Waals surface area contributed by atoms with Crippen LogP contribution in [0.2, 0.25) is 5.02 Å². The van der Waals surface area contributed by atoms with Crippen LogP contribution >= 0.6 is 11.6 Å². The molecule has 0 amide bonds. The standard InChI is InChI=1S/C11H10ClF3/c1-10(6-9(10)11(13,14)15)7-2-4-8(12)5-3-7/h2-5,9H,6H2,1H3/t9-,10+/m1/s1. The van der Waals surface area contributed by atoms with E-state index in [1.54, 1.807) is 31.2 Å². The first-order chi connectivity index (χ1) is 6.84. The van der Waals surface area contributed by atoms with E-state index in [-0.39, 0.29) is 6.42 Å². The van der Waals surface area contributed by atoms with Gasteiger partial charge >= 0.3 is 6.18 Å². The number of hydrogen-bond donors (Lipinski definition) is 0. The van der Waals surface area contributed by atoms with Crippen LogP contribution in [0, 0.1) is 5.92 Å². The van der Waals surface area contributed by atoms with Gasteiger partial charge in [-0.1, -0.05) is 30.7 Å². The predicted octanol–water partition coefficient (Wildman–Crippen LogP) is 4.18. The SMILES string of the molecule is C[C@@]1(c2ccc(Cl)cc2)C[C@H]1C(F)(F)F. The summed E-state index contributed by atoms with van der Waals surface area (Å²) in [6, 6.07) is 6.62. The molecule has 1 aliphatic rings. The maximum atomic E-state index is 12.5. The summed E-state index contributed by atoms with van der Waals surface area (Å²) in [7, 11) is 0. The summed E-state index contributed by atoms with van der Waals surface area (Å²) in [5.74, 6) is -1.20. The minimum Gasteiger partial charge on any atom is -0.171 e.